The van der Waals surface area contributed by atoms with Crippen LogP contribution in [0.5, 0.6) is 0 Å². The molecule has 23 heavy (non-hydrogen) atoms. The Bertz CT molecular complexity index is 797. The van der Waals surface area contributed by atoms with Crippen molar-refractivity contribution in [2.24, 2.45) is 0 Å². The third-order valence-electron chi connectivity index (χ3n) is 3.07. The van der Waals surface area contributed by atoms with Crippen molar-refractivity contribution in [3.63, 3.8) is 0 Å². The van der Waals surface area contributed by atoms with Crippen molar-refractivity contribution in [1.82, 2.24) is 0 Å². The maximum Gasteiger partial charge on any atom is 0.416 e. The molecule has 0 unspecified atom stereocenters. The highest BCUT2D eigenvalue weighted by molar-refractivity contribution is 8.27. The van der Waals surface area contributed by atoms with Crippen LogP contribution in [0.1, 0.15) is 11.1 Å². The van der Waals surface area contributed by atoms with Crippen molar-refractivity contribution < 1.29 is 18.0 Å². The highest BCUT2D eigenvalue weighted by atomic mass is 32.2. The first-order valence-electron chi connectivity index (χ1n) is 6.34. The zero-order chi connectivity index (χ0) is 16.6. The third-order valence-corrected chi connectivity index (χ3v) is 5.07. The summed E-state index contributed by atoms with van der Waals surface area (Å²) in [7, 11) is 0. The van der Waals surface area contributed by atoms with Crippen LogP contribution in [-0.2, 0) is 11.0 Å². The summed E-state index contributed by atoms with van der Waals surface area (Å²) in [6, 6.07) is 6.44. The van der Waals surface area contributed by atoms with Crippen molar-refractivity contribution in [2.75, 3.05) is 4.90 Å². The maximum absolute atomic E-state index is 12.8. The fraction of sp³-hybridized carbons (Fsp3) is 0.0667. The Kier molecular flexibility index (Phi) is 4.31. The summed E-state index contributed by atoms with van der Waals surface area (Å²) in [5.41, 5.74) is 0.168. The lowest BCUT2D eigenvalue weighted by Crippen LogP contribution is -2.27. The minimum atomic E-state index is -4.47. The number of alkyl halides is 3. The van der Waals surface area contributed by atoms with Crippen LogP contribution in [0, 0.1) is 0 Å². The first kappa shape index (κ1) is 16.2. The molecule has 1 saturated heterocycles. The molecular formula is C15H8F3NOS3. The molecule has 118 valence electrons. The van der Waals surface area contributed by atoms with Crippen LogP contribution in [0.2, 0.25) is 0 Å². The number of thiophene rings is 1. The standard InChI is InChI=1S/C15H8F3NOS3/c16-15(17,18)10-2-1-3-11(7-10)19-13(20)12(23-14(19)21)6-9-4-5-22-8-9/h1-8H/b12-6+. The first-order valence-corrected chi connectivity index (χ1v) is 8.50. The minimum absolute atomic E-state index is 0.121. The molecule has 0 radical (unpaired) electrons. The SMILES string of the molecule is O=C1/C(=C\c2ccsc2)SC(=S)N1c1cccc(C(F)(F)F)c1. The lowest BCUT2D eigenvalue weighted by atomic mass is 10.2. The number of carbonyl (C=O) groups is 1. The van der Waals surface area contributed by atoms with Crippen LogP contribution in [-0.4, -0.2) is 10.2 Å². The first-order chi connectivity index (χ1) is 10.9. The van der Waals surface area contributed by atoms with Crippen molar-refractivity contribution in [3.8, 4) is 0 Å². The highest BCUT2D eigenvalue weighted by Gasteiger charge is 2.36. The molecular weight excluding hydrogens is 363 g/mol. The molecule has 0 atom stereocenters. The van der Waals surface area contributed by atoms with E-state index in [1.807, 2.05) is 16.8 Å². The molecule has 2 aromatic rings. The van der Waals surface area contributed by atoms with E-state index in [1.54, 1.807) is 6.08 Å². The summed E-state index contributed by atoms with van der Waals surface area (Å²) in [6.45, 7) is 0. The van der Waals surface area contributed by atoms with Crippen molar-refractivity contribution in [2.45, 2.75) is 6.18 Å². The van der Waals surface area contributed by atoms with Crippen LogP contribution >= 0.6 is 35.3 Å². The quantitative estimate of drug-likeness (QED) is 0.536. The number of thiocarbonyl (C=S) groups is 1. The van der Waals surface area contributed by atoms with Gasteiger partial charge in [0.15, 0.2) is 4.32 Å². The van der Waals surface area contributed by atoms with E-state index in [1.165, 1.54) is 23.5 Å². The average molecular weight is 371 g/mol. The Morgan fingerprint density at radius 1 is 1.22 bits per heavy atom. The average Bonchev–Trinajstić information content (AvgIpc) is 3.08. The zero-order valence-corrected chi connectivity index (χ0v) is 13.8. The molecule has 1 aliphatic rings. The van der Waals surface area contributed by atoms with Gasteiger partial charge < -0.3 is 0 Å². The fourth-order valence-corrected chi connectivity index (χ4v) is 3.94. The summed E-state index contributed by atoms with van der Waals surface area (Å²) >= 11 is 7.73. The molecule has 2 nitrogen and oxygen atoms in total. The second-order valence-corrected chi connectivity index (χ2v) is 7.08. The predicted octanol–water partition coefficient (Wildman–Crippen LogP) is 5.17. The van der Waals surface area contributed by atoms with Crippen LogP contribution < -0.4 is 4.90 Å². The van der Waals surface area contributed by atoms with Gasteiger partial charge in [-0.3, -0.25) is 9.69 Å². The number of nitrogens with zero attached hydrogens (tertiary/aromatic N) is 1. The van der Waals surface area contributed by atoms with Gasteiger partial charge in [-0.2, -0.15) is 24.5 Å². The molecule has 0 N–H and O–H groups in total. The maximum atomic E-state index is 12.8. The normalized spacial score (nSPS) is 17.3. The number of halogens is 3. The molecule has 8 heteroatoms. The van der Waals surface area contributed by atoms with E-state index in [9.17, 15) is 18.0 Å². The topological polar surface area (TPSA) is 20.3 Å². The van der Waals surface area contributed by atoms with Gasteiger partial charge in [-0.25, -0.2) is 0 Å². The van der Waals surface area contributed by atoms with Crippen molar-refractivity contribution in [1.29, 1.82) is 0 Å². The Labute approximate surface area is 143 Å². The summed E-state index contributed by atoms with van der Waals surface area (Å²) in [5, 5.41) is 3.75. The molecule has 1 aromatic heterocycles. The van der Waals surface area contributed by atoms with Gasteiger partial charge in [-0.15, -0.1) is 0 Å². The van der Waals surface area contributed by atoms with E-state index in [0.717, 1.165) is 34.4 Å². The van der Waals surface area contributed by atoms with Gasteiger partial charge in [0.05, 0.1) is 16.2 Å². The second kappa shape index (κ2) is 6.10. The van der Waals surface area contributed by atoms with Crippen LogP contribution in [0.25, 0.3) is 6.08 Å². The van der Waals surface area contributed by atoms with Gasteiger partial charge in [0.1, 0.15) is 0 Å². The van der Waals surface area contributed by atoms with E-state index in [-0.39, 0.29) is 10.0 Å². The molecule has 2 heterocycles. The van der Waals surface area contributed by atoms with Crippen molar-refractivity contribution in [3.05, 3.63) is 57.1 Å². The number of carbonyl (C=O) groups excluding carboxylic acids is 1. The monoisotopic (exact) mass is 371 g/mol. The van der Waals surface area contributed by atoms with Crippen LogP contribution in [0.15, 0.2) is 46.0 Å². The molecule has 1 aromatic carbocycles. The lowest BCUT2D eigenvalue weighted by Gasteiger charge is -2.16. The molecule has 1 amide bonds. The smallest absolute Gasteiger partial charge is 0.268 e. The Morgan fingerprint density at radius 3 is 2.65 bits per heavy atom. The highest BCUT2D eigenvalue weighted by Crippen LogP contribution is 2.38. The summed E-state index contributed by atoms with van der Waals surface area (Å²) in [4.78, 5) is 14.0. The molecule has 3 rings (SSSR count). The Morgan fingerprint density at radius 2 is 2.00 bits per heavy atom. The van der Waals surface area contributed by atoms with E-state index >= 15 is 0 Å². The summed E-state index contributed by atoms with van der Waals surface area (Å²) in [5.74, 6) is -0.412. The van der Waals surface area contributed by atoms with E-state index in [2.05, 4.69) is 0 Å². The number of thioether (sulfide) groups is 1. The van der Waals surface area contributed by atoms with Gasteiger partial charge in [-0.1, -0.05) is 30.0 Å². The largest absolute Gasteiger partial charge is 0.416 e. The second-order valence-electron chi connectivity index (χ2n) is 4.62. The predicted molar refractivity (Wildman–Crippen MR) is 91.4 cm³/mol. The molecule has 0 bridgehead atoms. The van der Waals surface area contributed by atoms with Gasteiger partial charge >= 0.3 is 6.18 Å². The van der Waals surface area contributed by atoms with Gasteiger partial charge in [0, 0.05) is 0 Å². The Balaban J connectivity index is 1.95. The number of amides is 1. The number of anilines is 1. The minimum Gasteiger partial charge on any atom is -0.268 e. The lowest BCUT2D eigenvalue weighted by molar-refractivity contribution is -0.137. The van der Waals surface area contributed by atoms with E-state index in [0.29, 0.717) is 4.91 Å². The van der Waals surface area contributed by atoms with E-state index < -0.39 is 17.6 Å². The van der Waals surface area contributed by atoms with Gasteiger partial charge in [0.2, 0.25) is 0 Å². The summed E-state index contributed by atoms with van der Waals surface area (Å²) in [6.07, 6.45) is -2.79. The zero-order valence-electron chi connectivity index (χ0n) is 11.3. The molecule has 1 fully saturated rings. The van der Waals surface area contributed by atoms with Crippen LogP contribution in [0.4, 0.5) is 18.9 Å². The van der Waals surface area contributed by atoms with Crippen molar-refractivity contribution >= 4 is 57.3 Å². The Hall–Kier alpha value is -1.64. The number of rotatable bonds is 2. The number of benzene rings is 1. The molecule has 0 saturated carbocycles. The molecule has 0 spiro atoms. The molecule has 0 aliphatic carbocycles. The van der Waals surface area contributed by atoms with Crippen LogP contribution in [0.3, 0.4) is 0 Å². The summed E-state index contributed by atoms with van der Waals surface area (Å²) < 4.78 is 38.7. The van der Waals surface area contributed by atoms with Gasteiger partial charge in [-0.05, 0) is 46.7 Å². The van der Waals surface area contributed by atoms with Gasteiger partial charge in [0.25, 0.3) is 5.91 Å². The third kappa shape index (κ3) is 3.34. The number of hydrogen-bond acceptors (Lipinski definition) is 4. The van der Waals surface area contributed by atoms with E-state index in [4.69, 9.17) is 12.2 Å². The molecule has 1 aliphatic heterocycles. The fourth-order valence-electron chi connectivity index (χ4n) is 2.02. The number of hydrogen-bond donors (Lipinski definition) is 0.